The van der Waals surface area contributed by atoms with Crippen molar-refractivity contribution < 1.29 is 19.4 Å². The van der Waals surface area contributed by atoms with Gasteiger partial charge in [-0.15, -0.1) is 0 Å². The van der Waals surface area contributed by atoms with E-state index in [1.54, 1.807) is 12.2 Å². The molecular formula is C23H28O4. The number of cyclic esters (lactones) is 1. The highest BCUT2D eigenvalue weighted by atomic mass is 16.5. The molecule has 0 bridgehead atoms. The molecule has 144 valence electrons. The van der Waals surface area contributed by atoms with Crippen LogP contribution < -0.4 is 0 Å². The minimum absolute atomic E-state index is 0.0963. The Bertz CT molecular complexity index is 820. The standard InChI is InChI=1S/C23H28O4/c1-21-8-5-16(24)12-15(21)3-4-19-18(21)6-9-22(2)17(7-10-23(19,22)26)14-11-20(25)27-13-14/h5,8,11-12,17-19,26H,3-4,6-7,9-10,13H2,1-2H3. The average Bonchev–Trinajstić information content (AvgIpc) is 3.16. The van der Waals surface area contributed by atoms with E-state index < -0.39 is 5.60 Å². The van der Waals surface area contributed by atoms with E-state index in [0.29, 0.717) is 12.5 Å². The summed E-state index contributed by atoms with van der Waals surface area (Å²) in [6.45, 7) is 4.88. The smallest absolute Gasteiger partial charge is 0.331 e. The number of allylic oxidation sites excluding steroid dienone is 4. The lowest BCUT2D eigenvalue weighted by Crippen LogP contribution is -2.60. The fourth-order valence-electron chi connectivity index (χ4n) is 7.35. The summed E-state index contributed by atoms with van der Waals surface area (Å²) in [6, 6.07) is 0. The molecule has 1 N–H and O–H groups in total. The molecule has 0 aromatic rings. The molecule has 1 aliphatic heterocycles. The molecule has 0 radical (unpaired) electrons. The molecule has 4 aliphatic carbocycles. The van der Waals surface area contributed by atoms with Crippen molar-refractivity contribution in [3.05, 3.63) is 35.5 Å². The lowest BCUT2D eigenvalue weighted by molar-refractivity contribution is -0.175. The highest BCUT2D eigenvalue weighted by Crippen LogP contribution is 2.68. The van der Waals surface area contributed by atoms with Gasteiger partial charge in [0, 0.05) is 16.9 Å². The van der Waals surface area contributed by atoms with Gasteiger partial charge in [-0.2, -0.15) is 0 Å². The third-order valence-corrected chi connectivity index (χ3v) is 8.88. The fourth-order valence-corrected chi connectivity index (χ4v) is 7.35. The number of hydrogen-bond acceptors (Lipinski definition) is 4. The molecule has 1 heterocycles. The first-order valence-corrected chi connectivity index (χ1v) is 10.3. The Hall–Kier alpha value is -1.68. The Balaban J connectivity index is 1.51. The van der Waals surface area contributed by atoms with Crippen molar-refractivity contribution in [1.29, 1.82) is 0 Å². The van der Waals surface area contributed by atoms with Gasteiger partial charge in [0.15, 0.2) is 5.78 Å². The number of carbonyl (C=O) groups excluding carboxylic acids is 2. The molecule has 0 aromatic heterocycles. The van der Waals surface area contributed by atoms with Crippen LogP contribution in [0, 0.1) is 28.6 Å². The quantitative estimate of drug-likeness (QED) is 0.720. The number of fused-ring (bicyclic) bond motifs is 5. The van der Waals surface area contributed by atoms with E-state index in [1.807, 2.05) is 6.08 Å². The van der Waals surface area contributed by atoms with Gasteiger partial charge in [-0.1, -0.05) is 25.5 Å². The molecule has 5 rings (SSSR count). The first-order chi connectivity index (χ1) is 12.8. The molecular weight excluding hydrogens is 340 g/mol. The minimum Gasteiger partial charge on any atom is -0.458 e. The maximum absolute atomic E-state index is 12.1. The Morgan fingerprint density at radius 1 is 1.07 bits per heavy atom. The molecule has 4 heteroatoms. The van der Waals surface area contributed by atoms with Gasteiger partial charge < -0.3 is 9.84 Å². The zero-order chi connectivity index (χ0) is 19.0. The first-order valence-electron chi connectivity index (χ1n) is 10.3. The van der Waals surface area contributed by atoms with Crippen LogP contribution in [0.2, 0.25) is 0 Å². The molecule has 0 saturated heterocycles. The highest BCUT2D eigenvalue weighted by Gasteiger charge is 2.66. The van der Waals surface area contributed by atoms with Crippen molar-refractivity contribution >= 4 is 11.8 Å². The summed E-state index contributed by atoms with van der Waals surface area (Å²) in [5.41, 5.74) is 1.28. The van der Waals surface area contributed by atoms with Crippen molar-refractivity contribution in [3.8, 4) is 0 Å². The van der Waals surface area contributed by atoms with Gasteiger partial charge in [-0.3, -0.25) is 4.79 Å². The Kier molecular flexibility index (Phi) is 3.51. The van der Waals surface area contributed by atoms with Crippen molar-refractivity contribution in [2.75, 3.05) is 6.61 Å². The number of aliphatic hydroxyl groups is 1. The molecule has 3 fully saturated rings. The van der Waals surface area contributed by atoms with E-state index in [0.717, 1.165) is 44.1 Å². The molecule has 27 heavy (non-hydrogen) atoms. The Labute approximate surface area is 160 Å². The van der Waals surface area contributed by atoms with Crippen LogP contribution in [0.4, 0.5) is 0 Å². The lowest BCUT2D eigenvalue weighted by atomic mass is 9.46. The zero-order valence-electron chi connectivity index (χ0n) is 16.2. The van der Waals surface area contributed by atoms with Gasteiger partial charge in [0.25, 0.3) is 0 Å². The van der Waals surface area contributed by atoms with E-state index >= 15 is 0 Å². The normalized spacial score (nSPS) is 48.3. The second-order valence-electron chi connectivity index (χ2n) is 9.74. The second-order valence-corrected chi connectivity index (χ2v) is 9.74. The molecule has 3 saturated carbocycles. The molecule has 6 unspecified atom stereocenters. The van der Waals surface area contributed by atoms with Gasteiger partial charge in [0.1, 0.15) is 6.61 Å². The van der Waals surface area contributed by atoms with E-state index in [-0.39, 0.29) is 34.4 Å². The van der Waals surface area contributed by atoms with Crippen LogP contribution in [0.1, 0.15) is 52.4 Å². The summed E-state index contributed by atoms with van der Waals surface area (Å²) in [7, 11) is 0. The summed E-state index contributed by atoms with van der Waals surface area (Å²) in [6.07, 6.45) is 12.9. The van der Waals surface area contributed by atoms with Crippen LogP contribution >= 0.6 is 0 Å². The third kappa shape index (κ3) is 2.14. The first kappa shape index (κ1) is 17.4. The van der Waals surface area contributed by atoms with Gasteiger partial charge in [-0.05, 0) is 74.0 Å². The number of ketones is 1. The van der Waals surface area contributed by atoms with E-state index in [4.69, 9.17) is 4.74 Å². The predicted octanol–water partition coefficient (Wildman–Crippen LogP) is 3.51. The monoisotopic (exact) mass is 368 g/mol. The number of hydrogen-bond donors (Lipinski definition) is 1. The Morgan fingerprint density at radius 2 is 1.89 bits per heavy atom. The van der Waals surface area contributed by atoms with Crippen LogP contribution in [-0.4, -0.2) is 29.1 Å². The fraction of sp³-hybridized carbons (Fsp3) is 0.652. The van der Waals surface area contributed by atoms with Crippen molar-refractivity contribution in [3.63, 3.8) is 0 Å². The van der Waals surface area contributed by atoms with Crippen LogP contribution in [0.25, 0.3) is 0 Å². The third-order valence-electron chi connectivity index (χ3n) is 8.88. The number of rotatable bonds is 1. The summed E-state index contributed by atoms with van der Waals surface area (Å²) in [5, 5.41) is 12.1. The SMILES string of the molecule is CC12C=CC(=O)C=C1CCC1C2CCC2(C)C(C3=CC(=O)OC3)CCC12O. The average molecular weight is 368 g/mol. The van der Waals surface area contributed by atoms with E-state index in [1.165, 1.54) is 5.57 Å². The number of carbonyl (C=O) groups is 2. The van der Waals surface area contributed by atoms with Crippen molar-refractivity contribution in [2.24, 2.45) is 28.6 Å². The summed E-state index contributed by atoms with van der Waals surface area (Å²) < 4.78 is 5.18. The topological polar surface area (TPSA) is 63.6 Å². The molecule has 5 aliphatic rings. The molecule has 0 amide bonds. The summed E-state index contributed by atoms with van der Waals surface area (Å²) in [4.78, 5) is 23.5. The second kappa shape index (κ2) is 5.44. The largest absolute Gasteiger partial charge is 0.458 e. The molecule has 4 nitrogen and oxygen atoms in total. The van der Waals surface area contributed by atoms with Crippen LogP contribution in [0.15, 0.2) is 35.5 Å². The van der Waals surface area contributed by atoms with E-state index in [2.05, 4.69) is 19.9 Å². The van der Waals surface area contributed by atoms with Gasteiger partial charge >= 0.3 is 5.97 Å². The summed E-state index contributed by atoms with van der Waals surface area (Å²) in [5.74, 6) is 0.686. The molecule has 0 spiro atoms. The van der Waals surface area contributed by atoms with Crippen molar-refractivity contribution in [2.45, 2.75) is 58.0 Å². The molecule has 0 aromatic carbocycles. The minimum atomic E-state index is -0.711. The highest BCUT2D eigenvalue weighted by molar-refractivity contribution is 6.01. The number of esters is 1. The van der Waals surface area contributed by atoms with Crippen LogP contribution in [0.5, 0.6) is 0 Å². The maximum atomic E-state index is 12.1. The van der Waals surface area contributed by atoms with Gasteiger partial charge in [0.05, 0.1) is 5.60 Å². The predicted molar refractivity (Wildman–Crippen MR) is 101 cm³/mol. The molecule has 6 atom stereocenters. The zero-order valence-corrected chi connectivity index (χ0v) is 16.2. The number of ether oxygens (including phenoxy) is 1. The van der Waals surface area contributed by atoms with Gasteiger partial charge in [0.2, 0.25) is 0 Å². The lowest BCUT2D eigenvalue weighted by Gasteiger charge is -2.60. The van der Waals surface area contributed by atoms with Crippen LogP contribution in [-0.2, 0) is 14.3 Å². The summed E-state index contributed by atoms with van der Waals surface area (Å²) >= 11 is 0. The van der Waals surface area contributed by atoms with Gasteiger partial charge in [-0.25, -0.2) is 4.79 Å². The van der Waals surface area contributed by atoms with Crippen molar-refractivity contribution in [1.82, 2.24) is 0 Å². The Morgan fingerprint density at radius 3 is 2.63 bits per heavy atom. The van der Waals surface area contributed by atoms with E-state index in [9.17, 15) is 14.7 Å². The maximum Gasteiger partial charge on any atom is 0.331 e. The van der Waals surface area contributed by atoms with Crippen LogP contribution in [0.3, 0.4) is 0 Å².